The maximum atomic E-state index is 12.6. The van der Waals surface area contributed by atoms with Gasteiger partial charge in [-0.25, -0.2) is 10.2 Å². The fraction of sp³-hybridized carbons (Fsp3) is 0.194. The van der Waals surface area contributed by atoms with Crippen molar-refractivity contribution in [1.29, 1.82) is 0 Å². The first-order valence-corrected chi connectivity index (χ1v) is 12.6. The topological polar surface area (TPSA) is 95.5 Å². The first kappa shape index (κ1) is 27.2. The number of hydrogen-bond donors (Lipinski definition) is 1. The molecule has 0 fully saturated rings. The number of esters is 1. The second-order valence-electron chi connectivity index (χ2n) is 8.68. The molecule has 0 saturated carbocycles. The summed E-state index contributed by atoms with van der Waals surface area (Å²) in [5, 5.41) is 6.14. The molecule has 0 radical (unpaired) electrons. The fourth-order valence-corrected chi connectivity index (χ4v) is 3.67. The van der Waals surface area contributed by atoms with Crippen LogP contribution < -0.4 is 24.4 Å². The number of methoxy groups -OCH3 is 1. The number of rotatable bonds is 11. The van der Waals surface area contributed by atoms with Crippen molar-refractivity contribution < 1.29 is 28.5 Å². The highest BCUT2D eigenvalue weighted by Gasteiger charge is 2.15. The Bertz CT molecular complexity index is 1470. The third-order valence-electron chi connectivity index (χ3n) is 5.74. The standard InChI is InChI=1S/C31H30N2O6/c1-4-17-37-26-13-11-24(12-14-26)31(35)39-28-16-9-22(18-29(28)36-3)20-32-33-30(34)21(2)38-27-15-10-23-7-5-6-8-25(23)19-27/h5-16,18-21H,4,17H2,1-3H3,(H,33,34)/b32-20-/t21-/m0/s1. The Hall–Kier alpha value is -4.85. The van der Waals surface area contributed by atoms with E-state index in [1.54, 1.807) is 49.4 Å². The van der Waals surface area contributed by atoms with Crippen molar-refractivity contribution in [2.24, 2.45) is 5.10 Å². The summed E-state index contributed by atoms with van der Waals surface area (Å²) in [5.41, 5.74) is 3.50. The number of nitrogens with zero attached hydrogens (tertiary/aromatic N) is 1. The highest BCUT2D eigenvalue weighted by atomic mass is 16.6. The molecule has 0 heterocycles. The van der Waals surface area contributed by atoms with E-state index in [9.17, 15) is 9.59 Å². The Labute approximate surface area is 227 Å². The summed E-state index contributed by atoms with van der Waals surface area (Å²) >= 11 is 0. The molecule has 0 aliphatic carbocycles. The number of ether oxygens (including phenoxy) is 4. The summed E-state index contributed by atoms with van der Waals surface area (Å²) in [6.07, 6.45) is 1.60. The first-order valence-electron chi connectivity index (χ1n) is 12.6. The SMILES string of the molecule is CCCOc1ccc(C(=O)Oc2ccc(/C=N\NC(=O)[C@H](C)Oc3ccc4ccccc4c3)cc2OC)cc1. The van der Waals surface area contributed by atoms with E-state index in [0.29, 0.717) is 35.0 Å². The minimum absolute atomic E-state index is 0.257. The predicted octanol–water partition coefficient (Wildman–Crippen LogP) is 5.77. The van der Waals surface area contributed by atoms with E-state index in [4.69, 9.17) is 18.9 Å². The summed E-state index contributed by atoms with van der Waals surface area (Å²) in [4.78, 5) is 25.1. The van der Waals surface area contributed by atoms with E-state index in [2.05, 4.69) is 10.5 Å². The molecule has 0 aliphatic rings. The molecule has 0 aliphatic heterocycles. The molecule has 4 aromatic rings. The predicted molar refractivity (Wildman–Crippen MR) is 150 cm³/mol. The second kappa shape index (κ2) is 13.1. The molecule has 0 unspecified atom stereocenters. The van der Waals surface area contributed by atoms with Gasteiger partial charge in [0.05, 0.1) is 25.5 Å². The van der Waals surface area contributed by atoms with Crippen molar-refractivity contribution in [1.82, 2.24) is 5.43 Å². The molecule has 1 amide bonds. The fourth-order valence-electron chi connectivity index (χ4n) is 3.67. The van der Waals surface area contributed by atoms with Crippen LogP contribution in [0.15, 0.2) is 90.0 Å². The van der Waals surface area contributed by atoms with E-state index >= 15 is 0 Å². The summed E-state index contributed by atoms with van der Waals surface area (Å²) in [5.74, 6) is 0.960. The molecular formula is C31H30N2O6. The van der Waals surface area contributed by atoms with Crippen molar-refractivity contribution in [3.8, 4) is 23.0 Å². The van der Waals surface area contributed by atoms with Crippen molar-refractivity contribution in [2.45, 2.75) is 26.4 Å². The molecule has 1 atom stereocenters. The lowest BCUT2D eigenvalue weighted by molar-refractivity contribution is -0.127. The Balaban J connectivity index is 1.33. The van der Waals surface area contributed by atoms with E-state index < -0.39 is 18.0 Å². The number of carbonyl (C=O) groups is 2. The molecule has 39 heavy (non-hydrogen) atoms. The maximum Gasteiger partial charge on any atom is 0.343 e. The Morgan fingerprint density at radius 3 is 2.38 bits per heavy atom. The third kappa shape index (κ3) is 7.35. The minimum atomic E-state index is -0.757. The molecule has 0 bridgehead atoms. The summed E-state index contributed by atoms with van der Waals surface area (Å²) in [6, 6.07) is 25.3. The number of hydrogen-bond acceptors (Lipinski definition) is 7. The van der Waals surface area contributed by atoms with Gasteiger partial charge in [0, 0.05) is 0 Å². The van der Waals surface area contributed by atoms with Gasteiger partial charge in [-0.15, -0.1) is 0 Å². The van der Waals surface area contributed by atoms with Gasteiger partial charge >= 0.3 is 5.97 Å². The minimum Gasteiger partial charge on any atom is -0.494 e. The molecule has 0 spiro atoms. The molecule has 0 saturated heterocycles. The van der Waals surface area contributed by atoms with Crippen LogP contribution in [0.5, 0.6) is 23.0 Å². The van der Waals surface area contributed by atoms with Crippen molar-refractivity contribution >= 4 is 28.9 Å². The normalized spacial score (nSPS) is 11.7. The van der Waals surface area contributed by atoms with Crippen LogP contribution in [-0.4, -0.2) is 37.9 Å². The average molecular weight is 527 g/mol. The molecule has 8 heteroatoms. The average Bonchev–Trinajstić information content (AvgIpc) is 2.96. The maximum absolute atomic E-state index is 12.6. The Morgan fingerprint density at radius 2 is 1.64 bits per heavy atom. The highest BCUT2D eigenvalue weighted by Crippen LogP contribution is 2.28. The van der Waals surface area contributed by atoms with E-state index in [1.807, 2.05) is 49.4 Å². The molecule has 1 N–H and O–H groups in total. The molecule has 0 aromatic heterocycles. The van der Waals surface area contributed by atoms with E-state index in [-0.39, 0.29) is 5.75 Å². The zero-order valence-electron chi connectivity index (χ0n) is 22.0. The van der Waals surface area contributed by atoms with Crippen LogP contribution >= 0.6 is 0 Å². The van der Waals surface area contributed by atoms with Gasteiger partial charge in [0.2, 0.25) is 0 Å². The number of amides is 1. The van der Waals surface area contributed by atoms with Crippen molar-refractivity contribution in [3.63, 3.8) is 0 Å². The van der Waals surface area contributed by atoms with E-state index in [0.717, 1.165) is 17.2 Å². The number of benzene rings is 4. The van der Waals surface area contributed by atoms with Crippen LogP contribution in [-0.2, 0) is 4.79 Å². The molecule has 8 nitrogen and oxygen atoms in total. The van der Waals surface area contributed by atoms with Gasteiger partial charge in [-0.3, -0.25) is 4.79 Å². The summed E-state index contributed by atoms with van der Waals surface area (Å²) in [7, 11) is 1.47. The smallest absolute Gasteiger partial charge is 0.343 e. The van der Waals surface area contributed by atoms with Gasteiger partial charge in [-0.05, 0) is 84.3 Å². The third-order valence-corrected chi connectivity index (χ3v) is 5.74. The van der Waals surface area contributed by atoms with Gasteiger partial charge in [-0.1, -0.05) is 37.3 Å². The Kier molecular flexibility index (Phi) is 9.13. The van der Waals surface area contributed by atoms with Crippen LogP contribution in [0, 0.1) is 0 Å². The quantitative estimate of drug-likeness (QED) is 0.115. The number of nitrogens with one attached hydrogen (secondary N) is 1. The van der Waals surface area contributed by atoms with Gasteiger partial charge in [-0.2, -0.15) is 5.10 Å². The lowest BCUT2D eigenvalue weighted by Gasteiger charge is -2.13. The van der Waals surface area contributed by atoms with Crippen molar-refractivity contribution in [3.05, 3.63) is 96.1 Å². The number of hydrazone groups is 1. The monoisotopic (exact) mass is 526 g/mol. The van der Waals surface area contributed by atoms with Crippen molar-refractivity contribution in [2.75, 3.05) is 13.7 Å². The highest BCUT2D eigenvalue weighted by molar-refractivity contribution is 5.92. The lowest BCUT2D eigenvalue weighted by atomic mass is 10.1. The van der Waals surface area contributed by atoms with Crippen LogP contribution in [0.1, 0.15) is 36.2 Å². The zero-order chi connectivity index (χ0) is 27.6. The van der Waals surface area contributed by atoms with Gasteiger partial charge in [0.25, 0.3) is 5.91 Å². The first-order chi connectivity index (χ1) is 19.0. The molecule has 4 rings (SSSR count). The second-order valence-corrected chi connectivity index (χ2v) is 8.68. The van der Waals surface area contributed by atoms with Crippen LogP contribution in [0.4, 0.5) is 0 Å². The van der Waals surface area contributed by atoms with Gasteiger partial charge < -0.3 is 18.9 Å². The van der Waals surface area contributed by atoms with Crippen LogP contribution in [0.3, 0.4) is 0 Å². The molecular weight excluding hydrogens is 496 g/mol. The van der Waals surface area contributed by atoms with Crippen LogP contribution in [0.2, 0.25) is 0 Å². The van der Waals surface area contributed by atoms with Crippen LogP contribution in [0.25, 0.3) is 10.8 Å². The lowest BCUT2D eigenvalue weighted by Crippen LogP contribution is -2.33. The zero-order valence-corrected chi connectivity index (χ0v) is 22.0. The largest absolute Gasteiger partial charge is 0.494 e. The number of fused-ring (bicyclic) bond motifs is 1. The molecule has 200 valence electrons. The molecule has 4 aromatic carbocycles. The van der Waals surface area contributed by atoms with Gasteiger partial charge in [0.1, 0.15) is 11.5 Å². The van der Waals surface area contributed by atoms with E-state index in [1.165, 1.54) is 13.3 Å². The summed E-state index contributed by atoms with van der Waals surface area (Å²) < 4.78 is 22.2. The van der Waals surface area contributed by atoms with Gasteiger partial charge in [0.15, 0.2) is 17.6 Å². The summed E-state index contributed by atoms with van der Waals surface area (Å²) in [6.45, 7) is 4.28. The number of carbonyl (C=O) groups excluding carboxylic acids is 2. The Morgan fingerprint density at radius 1 is 0.897 bits per heavy atom.